The molecule has 0 radical (unpaired) electrons. The Morgan fingerprint density at radius 3 is 2.88 bits per heavy atom. The molecule has 0 saturated carbocycles. The molecule has 0 aromatic heterocycles. The van der Waals surface area contributed by atoms with Gasteiger partial charge in [0.1, 0.15) is 0 Å². The minimum Gasteiger partial charge on any atom is -0.385 e. The molecule has 1 aliphatic rings. The summed E-state index contributed by atoms with van der Waals surface area (Å²) in [5.74, 6) is 0. The van der Waals surface area contributed by atoms with Crippen molar-refractivity contribution in [3.05, 3.63) is 0 Å². The van der Waals surface area contributed by atoms with Crippen LogP contribution in [0.5, 0.6) is 0 Å². The molecule has 1 heterocycles. The first-order chi connectivity index (χ1) is 7.79. The number of nitrogens with zero attached hydrogens (tertiary/aromatic N) is 1. The van der Waals surface area contributed by atoms with Gasteiger partial charge in [0.15, 0.2) is 0 Å². The van der Waals surface area contributed by atoms with E-state index >= 15 is 0 Å². The first kappa shape index (κ1) is 13.9. The zero-order valence-electron chi connectivity index (χ0n) is 11.2. The average molecular weight is 228 g/mol. The quantitative estimate of drug-likeness (QED) is 0.720. The molecule has 0 aliphatic carbocycles. The van der Waals surface area contributed by atoms with Gasteiger partial charge in [0.05, 0.1) is 0 Å². The summed E-state index contributed by atoms with van der Waals surface area (Å²) in [7, 11) is 1.79. The molecule has 0 amide bonds. The number of piperidine rings is 1. The van der Waals surface area contributed by atoms with E-state index in [0.29, 0.717) is 6.04 Å². The van der Waals surface area contributed by atoms with Crippen molar-refractivity contribution in [1.29, 1.82) is 0 Å². The molecule has 3 heteroatoms. The van der Waals surface area contributed by atoms with E-state index in [0.717, 1.165) is 25.6 Å². The van der Waals surface area contributed by atoms with E-state index in [1.807, 2.05) is 0 Å². The molecule has 16 heavy (non-hydrogen) atoms. The van der Waals surface area contributed by atoms with Crippen LogP contribution in [0, 0.1) is 0 Å². The third-order valence-electron chi connectivity index (χ3n) is 3.53. The number of hydrogen-bond acceptors (Lipinski definition) is 3. The molecule has 0 aromatic carbocycles. The Morgan fingerprint density at radius 1 is 1.50 bits per heavy atom. The number of nitrogens with one attached hydrogen (secondary N) is 1. The molecule has 1 rings (SSSR count). The zero-order chi connectivity index (χ0) is 11.8. The molecule has 0 bridgehead atoms. The highest BCUT2D eigenvalue weighted by molar-refractivity contribution is 4.81. The first-order valence-electron chi connectivity index (χ1n) is 6.75. The van der Waals surface area contributed by atoms with Crippen molar-refractivity contribution in [1.82, 2.24) is 10.2 Å². The molecular formula is C13H28N2O. The van der Waals surface area contributed by atoms with Gasteiger partial charge in [0.25, 0.3) is 0 Å². The Kier molecular flexibility index (Phi) is 7.01. The van der Waals surface area contributed by atoms with Crippen molar-refractivity contribution in [2.45, 2.75) is 51.6 Å². The highest BCUT2D eigenvalue weighted by atomic mass is 16.5. The van der Waals surface area contributed by atoms with Crippen LogP contribution in [0.4, 0.5) is 0 Å². The molecule has 2 atom stereocenters. The Balaban J connectivity index is 2.43. The van der Waals surface area contributed by atoms with Crippen molar-refractivity contribution in [3.8, 4) is 0 Å². The number of ether oxygens (including phenoxy) is 1. The first-order valence-corrected chi connectivity index (χ1v) is 6.75. The lowest BCUT2D eigenvalue weighted by molar-refractivity contribution is 0.0911. The average Bonchev–Trinajstić information content (AvgIpc) is 2.34. The topological polar surface area (TPSA) is 24.5 Å². The van der Waals surface area contributed by atoms with Gasteiger partial charge < -0.3 is 10.1 Å². The summed E-state index contributed by atoms with van der Waals surface area (Å²) in [4.78, 5) is 2.67. The van der Waals surface area contributed by atoms with Crippen LogP contribution in [0.3, 0.4) is 0 Å². The van der Waals surface area contributed by atoms with Crippen LogP contribution in [0.15, 0.2) is 0 Å². The predicted octanol–water partition coefficient (Wildman–Crippen LogP) is 1.88. The van der Waals surface area contributed by atoms with Crippen LogP contribution in [0.25, 0.3) is 0 Å². The van der Waals surface area contributed by atoms with Crippen LogP contribution in [-0.2, 0) is 4.74 Å². The standard InChI is InChI=1S/C13H28N2O/c1-4-9-15(12(2)7-10-16-3)13-6-5-8-14-11-13/h12-14H,4-11H2,1-3H3. The van der Waals surface area contributed by atoms with Gasteiger partial charge in [-0.3, -0.25) is 4.90 Å². The minimum atomic E-state index is 0.643. The summed E-state index contributed by atoms with van der Waals surface area (Å²) in [5.41, 5.74) is 0. The van der Waals surface area contributed by atoms with Crippen molar-refractivity contribution < 1.29 is 4.74 Å². The zero-order valence-corrected chi connectivity index (χ0v) is 11.2. The van der Waals surface area contributed by atoms with Crippen LogP contribution in [-0.4, -0.2) is 50.3 Å². The second-order valence-corrected chi connectivity index (χ2v) is 4.87. The van der Waals surface area contributed by atoms with E-state index in [-0.39, 0.29) is 0 Å². The van der Waals surface area contributed by atoms with Gasteiger partial charge in [0.2, 0.25) is 0 Å². The SMILES string of the molecule is CCCN(C(C)CCOC)C1CCCNC1. The summed E-state index contributed by atoms with van der Waals surface area (Å²) < 4.78 is 5.19. The fourth-order valence-electron chi connectivity index (χ4n) is 2.59. The van der Waals surface area contributed by atoms with Crippen LogP contribution < -0.4 is 5.32 Å². The maximum Gasteiger partial charge on any atom is 0.0477 e. The van der Waals surface area contributed by atoms with E-state index in [2.05, 4.69) is 24.1 Å². The molecule has 3 nitrogen and oxygen atoms in total. The maximum atomic E-state index is 5.19. The van der Waals surface area contributed by atoms with Crippen molar-refractivity contribution in [2.75, 3.05) is 33.4 Å². The molecule has 2 unspecified atom stereocenters. The molecule has 1 N–H and O–H groups in total. The molecule has 1 saturated heterocycles. The van der Waals surface area contributed by atoms with Crippen LogP contribution in [0.1, 0.15) is 39.5 Å². The highest BCUT2D eigenvalue weighted by Gasteiger charge is 2.23. The minimum absolute atomic E-state index is 0.643. The fourth-order valence-corrected chi connectivity index (χ4v) is 2.59. The van der Waals surface area contributed by atoms with Gasteiger partial charge in [0, 0.05) is 32.3 Å². The van der Waals surface area contributed by atoms with Crippen LogP contribution in [0.2, 0.25) is 0 Å². The summed E-state index contributed by atoms with van der Waals surface area (Å²) in [6.45, 7) is 9.06. The fraction of sp³-hybridized carbons (Fsp3) is 1.00. The second kappa shape index (κ2) is 8.04. The van der Waals surface area contributed by atoms with E-state index in [9.17, 15) is 0 Å². The van der Waals surface area contributed by atoms with Gasteiger partial charge in [-0.2, -0.15) is 0 Å². The Labute approximate surface area is 101 Å². The molecular weight excluding hydrogens is 200 g/mol. The summed E-state index contributed by atoms with van der Waals surface area (Å²) >= 11 is 0. The van der Waals surface area contributed by atoms with Gasteiger partial charge in [-0.05, 0) is 45.7 Å². The molecule has 0 spiro atoms. The lowest BCUT2D eigenvalue weighted by Crippen LogP contribution is -2.50. The number of rotatable bonds is 7. The van der Waals surface area contributed by atoms with Crippen molar-refractivity contribution in [2.24, 2.45) is 0 Å². The third-order valence-corrected chi connectivity index (χ3v) is 3.53. The monoisotopic (exact) mass is 228 g/mol. The smallest absolute Gasteiger partial charge is 0.0477 e. The van der Waals surface area contributed by atoms with Crippen molar-refractivity contribution >= 4 is 0 Å². The summed E-state index contributed by atoms with van der Waals surface area (Å²) in [6.07, 6.45) is 5.06. The van der Waals surface area contributed by atoms with Crippen molar-refractivity contribution in [3.63, 3.8) is 0 Å². The van der Waals surface area contributed by atoms with Gasteiger partial charge >= 0.3 is 0 Å². The summed E-state index contributed by atoms with van der Waals surface area (Å²) in [6, 6.07) is 1.38. The Morgan fingerprint density at radius 2 is 2.31 bits per heavy atom. The predicted molar refractivity (Wildman–Crippen MR) is 68.8 cm³/mol. The lowest BCUT2D eigenvalue weighted by Gasteiger charge is -2.38. The normalized spacial score (nSPS) is 23.6. The van der Waals surface area contributed by atoms with Gasteiger partial charge in [-0.1, -0.05) is 6.92 Å². The number of methoxy groups -OCH3 is 1. The molecule has 0 aromatic rings. The second-order valence-electron chi connectivity index (χ2n) is 4.87. The van der Waals surface area contributed by atoms with E-state index < -0.39 is 0 Å². The lowest BCUT2D eigenvalue weighted by atomic mass is 10.0. The van der Waals surface area contributed by atoms with E-state index in [1.165, 1.54) is 32.4 Å². The summed E-state index contributed by atoms with van der Waals surface area (Å²) in [5, 5.41) is 3.51. The molecule has 96 valence electrons. The van der Waals surface area contributed by atoms with E-state index in [1.54, 1.807) is 7.11 Å². The highest BCUT2D eigenvalue weighted by Crippen LogP contribution is 2.16. The largest absolute Gasteiger partial charge is 0.385 e. The van der Waals surface area contributed by atoms with Gasteiger partial charge in [-0.25, -0.2) is 0 Å². The Hall–Kier alpha value is -0.120. The molecule has 1 aliphatic heterocycles. The molecule has 1 fully saturated rings. The van der Waals surface area contributed by atoms with E-state index in [4.69, 9.17) is 4.74 Å². The third kappa shape index (κ3) is 4.40. The Bertz CT molecular complexity index is 169. The van der Waals surface area contributed by atoms with Crippen LogP contribution >= 0.6 is 0 Å². The van der Waals surface area contributed by atoms with Gasteiger partial charge in [-0.15, -0.1) is 0 Å². The number of hydrogen-bond donors (Lipinski definition) is 1. The maximum absolute atomic E-state index is 5.19.